The molecule has 0 aliphatic carbocycles. The van der Waals surface area contributed by atoms with Gasteiger partial charge < -0.3 is 5.11 Å². The Balaban J connectivity index is 1.71. The van der Waals surface area contributed by atoms with Crippen LogP contribution < -0.4 is 4.90 Å². The Labute approximate surface area is 204 Å². The number of carbonyl (C=O) groups is 2. The summed E-state index contributed by atoms with van der Waals surface area (Å²) in [7, 11) is 0. The molecular weight excluding hydrogens is 532 g/mol. The third-order valence-electron chi connectivity index (χ3n) is 5.24. The van der Waals surface area contributed by atoms with E-state index in [0.29, 0.717) is 21.2 Å². The Morgan fingerprint density at radius 3 is 2.62 bits per heavy atom. The van der Waals surface area contributed by atoms with Gasteiger partial charge in [0, 0.05) is 19.9 Å². The molecule has 3 heterocycles. The molecule has 1 aliphatic rings. The number of thiazole rings is 1. The Morgan fingerprint density at radius 2 is 1.94 bits per heavy atom. The lowest BCUT2D eigenvalue weighted by Crippen LogP contribution is -2.28. The van der Waals surface area contributed by atoms with Gasteiger partial charge in [-0.15, -0.1) is 11.3 Å². The molecule has 1 saturated heterocycles. The molecule has 160 valence electrons. The van der Waals surface area contributed by atoms with E-state index in [1.165, 1.54) is 27.6 Å². The van der Waals surface area contributed by atoms with Crippen LogP contribution in [0.15, 0.2) is 64.0 Å². The van der Waals surface area contributed by atoms with E-state index in [2.05, 4.69) is 20.9 Å². The summed E-state index contributed by atoms with van der Waals surface area (Å²) in [5, 5.41) is 13.9. The number of ketones is 1. The van der Waals surface area contributed by atoms with Crippen LogP contribution in [0.5, 0.6) is 0 Å². The summed E-state index contributed by atoms with van der Waals surface area (Å²) in [6, 6.07) is 13.5. The number of aryl methyl sites for hydroxylation is 1. The Bertz CT molecular complexity index is 1370. The predicted molar refractivity (Wildman–Crippen MR) is 133 cm³/mol. The average molecular weight is 546 g/mol. The molecule has 4 aromatic rings. The maximum atomic E-state index is 13.2. The van der Waals surface area contributed by atoms with Gasteiger partial charge in [-0.1, -0.05) is 57.1 Å². The molecule has 0 radical (unpaired) electrons. The highest BCUT2D eigenvalue weighted by Crippen LogP contribution is 2.45. The molecule has 0 saturated carbocycles. The highest BCUT2D eigenvalue weighted by Gasteiger charge is 2.48. The van der Waals surface area contributed by atoms with Crippen molar-refractivity contribution in [3.05, 3.63) is 85.0 Å². The molecule has 5 nitrogen and oxygen atoms in total. The molecule has 1 amide bonds. The van der Waals surface area contributed by atoms with Gasteiger partial charge in [-0.05, 0) is 48.2 Å². The quantitative estimate of drug-likeness (QED) is 0.176. The second kappa shape index (κ2) is 8.12. The van der Waals surface area contributed by atoms with Crippen LogP contribution in [0.4, 0.5) is 5.13 Å². The first-order valence-corrected chi connectivity index (χ1v) is 12.4. The van der Waals surface area contributed by atoms with E-state index in [-0.39, 0.29) is 11.3 Å². The van der Waals surface area contributed by atoms with E-state index in [1.807, 2.05) is 30.5 Å². The number of hydrogen-bond acceptors (Lipinski definition) is 6. The van der Waals surface area contributed by atoms with Crippen molar-refractivity contribution < 1.29 is 14.7 Å². The first kappa shape index (κ1) is 21.3. The third kappa shape index (κ3) is 3.47. The Hall–Kier alpha value is -2.52. The lowest BCUT2D eigenvalue weighted by Gasteiger charge is -2.21. The fourth-order valence-electron chi connectivity index (χ4n) is 3.65. The highest BCUT2D eigenvalue weighted by atomic mass is 79.9. The summed E-state index contributed by atoms with van der Waals surface area (Å²) in [6.07, 6.45) is 0. The van der Waals surface area contributed by atoms with E-state index < -0.39 is 17.7 Å². The molecule has 5 rings (SSSR count). The van der Waals surface area contributed by atoms with E-state index >= 15 is 0 Å². The van der Waals surface area contributed by atoms with Gasteiger partial charge in [0.2, 0.25) is 0 Å². The molecule has 0 bridgehead atoms. The molecule has 1 fully saturated rings. The van der Waals surface area contributed by atoms with Crippen molar-refractivity contribution in [3.8, 4) is 0 Å². The smallest absolute Gasteiger partial charge is 0.301 e. The number of halogens is 2. The number of fused-ring (bicyclic) bond motifs is 1. The number of anilines is 1. The Kier molecular flexibility index (Phi) is 5.41. The van der Waals surface area contributed by atoms with Crippen LogP contribution in [0.25, 0.3) is 16.0 Å². The number of aliphatic hydroxyl groups is 1. The second-order valence-electron chi connectivity index (χ2n) is 7.26. The number of benzene rings is 2. The van der Waals surface area contributed by atoms with Crippen molar-refractivity contribution in [2.24, 2.45) is 0 Å². The van der Waals surface area contributed by atoms with Crippen molar-refractivity contribution in [1.29, 1.82) is 0 Å². The fraction of sp³-hybridized carbons (Fsp3) is 0.0870. The van der Waals surface area contributed by atoms with Gasteiger partial charge in [-0.3, -0.25) is 14.5 Å². The van der Waals surface area contributed by atoms with Crippen LogP contribution in [-0.4, -0.2) is 21.8 Å². The number of carbonyl (C=O) groups excluding carboxylic acids is 2. The molecular formula is C23H14BrClN2O3S2. The summed E-state index contributed by atoms with van der Waals surface area (Å²) < 4.78 is 1.70. The molecule has 1 aliphatic heterocycles. The second-order valence-corrected chi connectivity index (χ2v) is 10.6. The van der Waals surface area contributed by atoms with Crippen LogP contribution in [0.1, 0.15) is 22.0 Å². The van der Waals surface area contributed by atoms with Gasteiger partial charge in [0.15, 0.2) is 5.13 Å². The standard InChI is InChI=1S/C23H14BrClN2O3S2/c1-11-9-17-15(10-14(11)25)26-23(32-17)27-19(16-3-2-8-31-16)18(21(29)22(27)30)20(28)12-4-6-13(24)7-5-12/h2-10,19,28H,1H3/b20-18+. The van der Waals surface area contributed by atoms with Crippen molar-refractivity contribution in [2.45, 2.75) is 13.0 Å². The van der Waals surface area contributed by atoms with Crippen molar-refractivity contribution >= 4 is 83.0 Å². The zero-order valence-electron chi connectivity index (χ0n) is 16.5. The molecule has 2 aromatic heterocycles. The fourth-order valence-corrected chi connectivity index (χ4v) is 5.97. The van der Waals surface area contributed by atoms with E-state index in [9.17, 15) is 14.7 Å². The summed E-state index contributed by atoms with van der Waals surface area (Å²) in [5.41, 5.74) is 2.06. The minimum absolute atomic E-state index is 0.0493. The molecule has 1 N–H and O–H groups in total. The average Bonchev–Trinajstić information content (AvgIpc) is 3.48. The molecule has 9 heteroatoms. The largest absolute Gasteiger partial charge is 0.507 e. The topological polar surface area (TPSA) is 70.5 Å². The van der Waals surface area contributed by atoms with E-state index in [4.69, 9.17) is 11.6 Å². The number of amides is 1. The van der Waals surface area contributed by atoms with Gasteiger partial charge in [0.25, 0.3) is 5.78 Å². The number of nitrogens with zero attached hydrogens (tertiary/aromatic N) is 2. The maximum Gasteiger partial charge on any atom is 0.301 e. The van der Waals surface area contributed by atoms with Crippen molar-refractivity contribution in [1.82, 2.24) is 4.98 Å². The number of hydrogen-bond donors (Lipinski definition) is 1. The van der Waals surface area contributed by atoms with Gasteiger partial charge in [0.05, 0.1) is 15.8 Å². The number of aliphatic hydroxyl groups excluding tert-OH is 1. The summed E-state index contributed by atoms with van der Waals surface area (Å²) in [4.78, 5) is 33.1. The minimum Gasteiger partial charge on any atom is -0.507 e. The lowest BCUT2D eigenvalue weighted by molar-refractivity contribution is -0.132. The van der Waals surface area contributed by atoms with Gasteiger partial charge >= 0.3 is 5.91 Å². The van der Waals surface area contributed by atoms with Gasteiger partial charge in [0.1, 0.15) is 11.8 Å². The SMILES string of the molecule is Cc1cc2sc(N3C(=O)C(=O)/C(=C(/O)c4ccc(Br)cc4)C3c3cccs3)nc2cc1Cl. The van der Waals surface area contributed by atoms with Crippen molar-refractivity contribution in [2.75, 3.05) is 4.90 Å². The van der Waals surface area contributed by atoms with Gasteiger partial charge in [-0.25, -0.2) is 4.98 Å². The van der Waals surface area contributed by atoms with Crippen LogP contribution in [0, 0.1) is 6.92 Å². The monoisotopic (exact) mass is 544 g/mol. The zero-order valence-corrected chi connectivity index (χ0v) is 20.5. The first-order chi connectivity index (χ1) is 15.3. The summed E-state index contributed by atoms with van der Waals surface area (Å²) >= 11 is 12.3. The van der Waals surface area contributed by atoms with Crippen LogP contribution in [0.3, 0.4) is 0 Å². The number of Topliss-reactive ketones (excluding diaryl/α,β-unsaturated/α-hetero) is 1. The summed E-state index contributed by atoms with van der Waals surface area (Å²) in [5.74, 6) is -1.67. The zero-order chi connectivity index (χ0) is 22.6. The lowest BCUT2D eigenvalue weighted by atomic mass is 10.00. The van der Waals surface area contributed by atoms with Gasteiger partial charge in [-0.2, -0.15) is 0 Å². The minimum atomic E-state index is -0.768. The maximum absolute atomic E-state index is 13.2. The number of rotatable bonds is 3. The number of thiophene rings is 1. The normalized spacial score (nSPS) is 18.1. The third-order valence-corrected chi connectivity index (χ3v) is 8.12. The number of aromatic nitrogens is 1. The van der Waals surface area contributed by atoms with E-state index in [0.717, 1.165) is 19.6 Å². The predicted octanol–water partition coefficient (Wildman–Crippen LogP) is 6.71. The molecule has 32 heavy (non-hydrogen) atoms. The first-order valence-electron chi connectivity index (χ1n) is 9.52. The van der Waals surface area contributed by atoms with E-state index in [1.54, 1.807) is 30.3 Å². The summed E-state index contributed by atoms with van der Waals surface area (Å²) in [6.45, 7) is 1.90. The molecule has 1 unspecified atom stereocenters. The molecule has 1 atom stereocenters. The Morgan fingerprint density at radius 1 is 1.19 bits per heavy atom. The van der Waals surface area contributed by atoms with Crippen LogP contribution >= 0.6 is 50.2 Å². The van der Waals surface area contributed by atoms with Crippen LogP contribution in [-0.2, 0) is 9.59 Å². The van der Waals surface area contributed by atoms with Crippen LogP contribution in [0.2, 0.25) is 5.02 Å². The van der Waals surface area contributed by atoms with Crippen molar-refractivity contribution in [3.63, 3.8) is 0 Å². The highest BCUT2D eigenvalue weighted by molar-refractivity contribution is 9.10. The molecule has 2 aromatic carbocycles. The molecule has 0 spiro atoms.